The normalized spacial score (nSPS) is 22.1. The quantitative estimate of drug-likeness (QED) is 0.710. The summed E-state index contributed by atoms with van der Waals surface area (Å²) < 4.78 is 5.68. The van der Waals surface area contributed by atoms with Crippen LogP contribution in [0, 0.1) is 11.8 Å². The van der Waals surface area contributed by atoms with E-state index in [0.717, 1.165) is 43.7 Å². The van der Waals surface area contributed by atoms with Crippen LogP contribution in [0.25, 0.3) is 0 Å². The summed E-state index contributed by atoms with van der Waals surface area (Å²) in [6.07, 6.45) is 6.54. The van der Waals surface area contributed by atoms with Gasteiger partial charge in [-0.2, -0.15) is 0 Å². The highest BCUT2D eigenvalue weighted by molar-refractivity contribution is 5.27. The zero-order valence-corrected chi connectivity index (χ0v) is 13.0. The van der Waals surface area contributed by atoms with Crippen LogP contribution in [0.2, 0.25) is 0 Å². The first kappa shape index (κ1) is 15.4. The molecular weight excluding hydrogens is 246 g/mol. The Morgan fingerprint density at radius 2 is 2.00 bits per heavy atom. The van der Waals surface area contributed by atoms with Crippen LogP contribution in [0.3, 0.4) is 0 Å². The van der Waals surface area contributed by atoms with E-state index in [4.69, 9.17) is 4.74 Å². The summed E-state index contributed by atoms with van der Waals surface area (Å²) in [7, 11) is 0. The first-order valence-electron chi connectivity index (χ1n) is 8.22. The summed E-state index contributed by atoms with van der Waals surface area (Å²) in [5.74, 6) is 2.77. The third-order valence-corrected chi connectivity index (χ3v) is 4.46. The Kier molecular flexibility index (Phi) is 6.38. The number of nitrogens with one attached hydrogen (secondary N) is 1. The van der Waals surface area contributed by atoms with E-state index in [9.17, 15) is 0 Å². The van der Waals surface area contributed by atoms with Crippen LogP contribution < -0.4 is 10.1 Å². The Balaban J connectivity index is 1.68. The minimum absolute atomic E-state index is 0.827. The highest BCUT2D eigenvalue weighted by atomic mass is 16.5. The molecule has 0 heterocycles. The molecule has 0 saturated heterocycles. The fraction of sp³-hybridized carbons (Fsp3) is 0.667. The van der Waals surface area contributed by atoms with E-state index >= 15 is 0 Å². The van der Waals surface area contributed by atoms with Crippen molar-refractivity contribution in [3.63, 3.8) is 0 Å². The fourth-order valence-corrected chi connectivity index (χ4v) is 2.97. The van der Waals surface area contributed by atoms with Crippen molar-refractivity contribution in [3.05, 3.63) is 29.8 Å². The van der Waals surface area contributed by atoms with Crippen molar-refractivity contribution in [2.24, 2.45) is 11.8 Å². The van der Waals surface area contributed by atoms with Gasteiger partial charge in [0.1, 0.15) is 5.75 Å². The second kappa shape index (κ2) is 8.31. The predicted molar refractivity (Wildman–Crippen MR) is 85.1 cm³/mol. The molecule has 0 aliphatic heterocycles. The number of hydrogen-bond donors (Lipinski definition) is 1. The fourth-order valence-electron chi connectivity index (χ4n) is 2.97. The van der Waals surface area contributed by atoms with Crippen LogP contribution in [0.4, 0.5) is 0 Å². The summed E-state index contributed by atoms with van der Waals surface area (Å²) in [5, 5.41) is 3.60. The van der Waals surface area contributed by atoms with Crippen LogP contribution in [0.15, 0.2) is 24.3 Å². The van der Waals surface area contributed by atoms with Gasteiger partial charge in [-0.25, -0.2) is 0 Å². The molecule has 0 aromatic heterocycles. The van der Waals surface area contributed by atoms with Gasteiger partial charge in [-0.15, -0.1) is 0 Å². The third-order valence-electron chi connectivity index (χ3n) is 4.46. The second-order valence-electron chi connectivity index (χ2n) is 6.15. The standard InChI is InChI=1S/C18H29NO/c1-3-4-12-20-18-10-8-16(9-11-18)13-19-14-17-7-5-6-15(17)2/h8-11,15,17,19H,3-7,12-14H2,1-2H3. The van der Waals surface area contributed by atoms with Gasteiger partial charge in [-0.3, -0.25) is 0 Å². The van der Waals surface area contributed by atoms with Crippen molar-refractivity contribution in [3.8, 4) is 5.75 Å². The van der Waals surface area contributed by atoms with Crippen molar-refractivity contribution in [1.82, 2.24) is 5.32 Å². The molecule has 1 aromatic carbocycles. The number of hydrogen-bond acceptors (Lipinski definition) is 2. The first-order chi connectivity index (χ1) is 9.79. The zero-order valence-electron chi connectivity index (χ0n) is 13.0. The molecule has 1 fully saturated rings. The SMILES string of the molecule is CCCCOc1ccc(CNCC2CCCC2C)cc1. The lowest BCUT2D eigenvalue weighted by Crippen LogP contribution is -2.23. The average molecular weight is 275 g/mol. The molecule has 2 rings (SSSR count). The Hall–Kier alpha value is -1.02. The maximum atomic E-state index is 5.68. The van der Waals surface area contributed by atoms with Gasteiger partial charge in [0.25, 0.3) is 0 Å². The summed E-state index contributed by atoms with van der Waals surface area (Å²) in [6.45, 7) is 7.53. The van der Waals surface area contributed by atoms with Gasteiger partial charge in [-0.05, 0) is 48.9 Å². The molecule has 2 unspecified atom stereocenters. The molecule has 0 spiro atoms. The van der Waals surface area contributed by atoms with Gasteiger partial charge in [0.2, 0.25) is 0 Å². The first-order valence-corrected chi connectivity index (χ1v) is 8.22. The Morgan fingerprint density at radius 3 is 2.65 bits per heavy atom. The third kappa shape index (κ3) is 4.82. The van der Waals surface area contributed by atoms with E-state index in [1.807, 2.05) is 0 Å². The highest BCUT2D eigenvalue weighted by Gasteiger charge is 2.22. The molecule has 1 aliphatic carbocycles. The molecule has 2 heteroatoms. The average Bonchev–Trinajstić information content (AvgIpc) is 2.87. The second-order valence-corrected chi connectivity index (χ2v) is 6.15. The van der Waals surface area contributed by atoms with Gasteiger partial charge in [0.15, 0.2) is 0 Å². The predicted octanol–water partition coefficient (Wildman–Crippen LogP) is 4.39. The van der Waals surface area contributed by atoms with Crippen molar-refractivity contribution < 1.29 is 4.74 Å². The summed E-state index contributed by atoms with van der Waals surface area (Å²) in [5.41, 5.74) is 1.35. The summed E-state index contributed by atoms with van der Waals surface area (Å²) >= 11 is 0. The van der Waals surface area contributed by atoms with E-state index in [1.54, 1.807) is 0 Å². The lowest BCUT2D eigenvalue weighted by Gasteiger charge is -2.16. The van der Waals surface area contributed by atoms with Gasteiger partial charge in [0, 0.05) is 6.54 Å². The lowest BCUT2D eigenvalue weighted by atomic mass is 9.98. The minimum atomic E-state index is 0.827. The molecule has 20 heavy (non-hydrogen) atoms. The van der Waals surface area contributed by atoms with Crippen molar-refractivity contribution in [2.45, 2.75) is 52.5 Å². The molecule has 0 amide bonds. The molecule has 2 nitrogen and oxygen atoms in total. The highest BCUT2D eigenvalue weighted by Crippen LogP contribution is 2.30. The Morgan fingerprint density at radius 1 is 1.20 bits per heavy atom. The van der Waals surface area contributed by atoms with Crippen molar-refractivity contribution >= 4 is 0 Å². The topological polar surface area (TPSA) is 21.3 Å². The maximum Gasteiger partial charge on any atom is 0.119 e. The van der Waals surface area contributed by atoms with E-state index < -0.39 is 0 Å². The molecule has 1 aliphatic rings. The summed E-state index contributed by atoms with van der Waals surface area (Å²) in [6, 6.07) is 8.52. The zero-order chi connectivity index (χ0) is 14.2. The molecule has 112 valence electrons. The number of benzene rings is 1. The number of unbranched alkanes of at least 4 members (excludes halogenated alkanes) is 1. The molecule has 1 N–H and O–H groups in total. The molecule has 1 aromatic rings. The lowest BCUT2D eigenvalue weighted by molar-refractivity contribution is 0.309. The molecule has 1 saturated carbocycles. The van der Waals surface area contributed by atoms with Crippen LogP contribution in [-0.2, 0) is 6.54 Å². The number of ether oxygens (including phenoxy) is 1. The number of rotatable bonds is 8. The van der Waals surface area contributed by atoms with E-state index in [0.29, 0.717) is 0 Å². The van der Waals surface area contributed by atoms with E-state index in [2.05, 4.69) is 43.4 Å². The Bertz CT molecular complexity index is 374. The maximum absolute atomic E-state index is 5.68. The molecule has 2 atom stereocenters. The van der Waals surface area contributed by atoms with Gasteiger partial charge < -0.3 is 10.1 Å². The Labute approximate surface area is 123 Å². The van der Waals surface area contributed by atoms with Gasteiger partial charge in [-0.1, -0.05) is 45.2 Å². The minimum Gasteiger partial charge on any atom is -0.494 e. The molecule has 0 bridgehead atoms. The van der Waals surface area contributed by atoms with Gasteiger partial charge >= 0.3 is 0 Å². The molecular formula is C18H29NO. The summed E-state index contributed by atoms with van der Waals surface area (Å²) in [4.78, 5) is 0. The van der Waals surface area contributed by atoms with Crippen LogP contribution in [-0.4, -0.2) is 13.2 Å². The van der Waals surface area contributed by atoms with Gasteiger partial charge in [0.05, 0.1) is 6.61 Å². The molecule has 0 radical (unpaired) electrons. The smallest absolute Gasteiger partial charge is 0.119 e. The largest absolute Gasteiger partial charge is 0.494 e. The van der Waals surface area contributed by atoms with Crippen molar-refractivity contribution in [2.75, 3.05) is 13.2 Å². The van der Waals surface area contributed by atoms with Crippen molar-refractivity contribution in [1.29, 1.82) is 0 Å². The van der Waals surface area contributed by atoms with E-state index in [1.165, 1.54) is 31.2 Å². The van der Waals surface area contributed by atoms with E-state index in [-0.39, 0.29) is 0 Å². The van der Waals surface area contributed by atoms with Crippen LogP contribution in [0.1, 0.15) is 51.5 Å². The monoisotopic (exact) mass is 275 g/mol. The van der Waals surface area contributed by atoms with Crippen LogP contribution in [0.5, 0.6) is 5.75 Å². The van der Waals surface area contributed by atoms with Crippen LogP contribution >= 0.6 is 0 Å².